The lowest BCUT2D eigenvalue weighted by molar-refractivity contribution is -0.131. The number of amides is 1. The zero-order valence-electron chi connectivity index (χ0n) is 12.5. The summed E-state index contributed by atoms with van der Waals surface area (Å²) in [4.78, 5) is 15.3. The number of carbonyl (C=O) groups excluding carboxylic acids is 1. The van der Waals surface area contributed by atoms with Gasteiger partial charge in [0.1, 0.15) is 5.76 Å². The summed E-state index contributed by atoms with van der Waals surface area (Å²) in [6, 6.07) is 3.83. The molecule has 2 aromatic rings. The van der Waals surface area contributed by atoms with Crippen molar-refractivity contribution in [1.29, 1.82) is 0 Å². The molecule has 0 saturated heterocycles. The van der Waals surface area contributed by atoms with Crippen molar-refractivity contribution in [3.63, 3.8) is 0 Å². The molecule has 0 saturated carbocycles. The fourth-order valence-corrected chi connectivity index (χ4v) is 3.35. The molecule has 0 radical (unpaired) electrons. The fraction of sp³-hybridized carbons (Fsp3) is 0.467. The zero-order chi connectivity index (χ0) is 15.4. The van der Waals surface area contributed by atoms with Crippen LogP contribution in [0.3, 0.4) is 0 Å². The number of thiophene rings is 1. The van der Waals surface area contributed by atoms with Crippen LogP contribution >= 0.6 is 22.9 Å². The quantitative estimate of drug-likeness (QED) is 0.806. The van der Waals surface area contributed by atoms with Crippen LogP contribution in [0.25, 0.3) is 0 Å². The van der Waals surface area contributed by atoms with Gasteiger partial charge in [0.2, 0.25) is 5.91 Å². The summed E-state index contributed by atoms with van der Waals surface area (Å²) >= 11 is 7.44. The molecule has 0 unspecified atom stereocenters. The van der Waals surface area contributed by atoms with E-state index in [9.17, 15) is 4.79 Å². The van der Waals surface area contributed by atoms with Crippen LogP contribution in [0.15, 0.2) is 16.7 Å². The third-order valence-corrected chi connectivity index (χ3v) is 4.70. The Labute approximate surface area is 133 Å². The molecule has 0 aromatic carbocycles. The van der Waals surface area contributed by atoms with Crippen LogP contribution in [0, 0.1) is 13.8 Å². The largest absolute Gasteiger partial charge is 0.361 e. The van der Waals surface area contributed by atoms with Crippen LogP contribution in [0.5, 0.6) is 0 Å². The lowest BCUT2D eigenvalue weighted by Crippen LogP contribution is -2.30. The van der Waals surface area contributed by atoms with Crippen LogP contribution < -0.4 is 0 Å². The highest BCUT2D eigenvalue weighted by Crippen LogP contribution is 2.23. The molecule has 0 spiro atoms. The van der Waals surface area contributed by atoms with Crippen molar-refractivity contribution in [2.45, 2.75) is 40.2 Å². The molecule has 2 heterocycles. The van der Waals surface area contributed by atoms with E-state index < -0.39 is 0 Å². The molecule has 4 nitrogen and oxygen atoms in total. The van der Waals surface area contributed by atoms with Gasteiger partial charge in [-0.1, -0.05) is 16.8 Å². The minimum Gasteiger partial charge on any atom is -0.361 e. The van der Waals surface area contributed by atoms with Crippen molar-refractivity contribution in [3.8, 4) is 0 Å². The summed E-state index contributed by atoms with van der Waals surface area (Å²) in [5.74, 6) is 0.940. The van der Waals surface area contributed by atoms with Gasteiger partial charge in [-0.05, 0) is 39.3 Å². The average molecular weight is 327 g/mol. The Morgan fingerprint density at radius 1 is 1.43 bits per heavy atom. The smallest absolute Gasteiger partial charge is 0.223 e. The number of aromatic nitrogens is 1. The Morgan fingerprint density at radius 3 is 2.71 bits per heavy atom. The van der Waals surface area contributed by atoms with Crippen molar-refractivity contribution in [2.24, 2.45) is 0 Å². The summed E-state index contributed by atoms with van der Waals surface area (Å²) in [6.45, 7) is 7.08. The van der Waals surface area contributed by atoms with Crippen molar-refractivity contribution in [2.75, 3.05) is 6.54 Å². The Hall–Kier alpha value is -1.33. The predicted molar refractivity (Wildman–Crippen MR) is 84.7 cm³/mol. The first-order valence-electron chi connectivity index (χ1n) is 6.95. The first-order valence-corrected chi connectivity index (χ1v) is 8.14. The van der Waals surface area contributed by atoms with Crippen LogP contribution in [-0.4, -0.2) is 22.5 Å². The Bertz CT molecular complexity index is 601. The van der Waals surface area contributed by atoms with Gasteiger partial charge in [-0.25, -0.2) is 0 Å². The third-order valence-electron chi connectivity index (χ3n) is 3.48. The standard InChI is InChI=1S/C15H19ClN2O2S/c1-4-18(9-12-5-7-14(16)21-12)15(19)8-6-13-10(2)17-20-11(13)3/h5,7H,4,6,8-9H2,1-3H3. The zero-order valence-corrected chi connectivity index (χ0v) is 14.1. The van der Waals surface area contributed by atoms with E-state index in [1.807, 2.05) is 37.8 Å². The monoisotopic (exact) mass is 326 g/mol. The minimum atomic E-state index is 0.141. The molecular weight excluding hydrogens is 308 g/mol. The molecule has 6 heteroatoms. The van der Waals surface area contributed by atoms with Gasteiger partial charge in [0.15, 0.2) is 0 Å². The molecule has 2 rings (SSSR count). The van der Waals surface area contributed by atoms with Gasteiger partial charge in [-0.15, -0.1) is 11.3 Å². The highest BCUT2D eigenvalue weighted by atomic mass is 35.5. The second-order valence-corrected chi connectivity index (χ2v) is 6.72. The summed E-state index contributed by atoms with van der Waals surface area (Å²) in [7, 11) is 0. The molecule has 21 heavy (non-hydrogen) atoms. The van der Waals surface area contributed by atoms with E-state index in [4.69, 9.17) is 16.1 Å². The molecular formula is C15H19ClN2O2S. The molecule has 0 aliphatic rings. The number of hydrogen-bond donors (Lipinski definition) is 0. The summed E-state index contributed by atoms with van der Waals surface area (Å²) in [5, 5.41) is 3.92. The maximum absolute atomic E-state index is 12.3. The van der Waals surface area contributed by atoms with Crippen molar-refractivity contribution in [3.05, 3.63) is 38.4 Å². The van der Waals surface area contributed by atoms with E-state index in [-0.39, 0.29) is 5.91 Å². The van der Waals surface area contributed by atoms with Gasteiger partial charge in [0.05, 0.1) is 16.6 Å². The lowest BCUT2D eigenvalue weighted by Gasteiger charge is -2.20. The molecule has 0 atom stereocenters. The molecule has 0 aliphatic heterocycles. The average Bonchev–Trinajstić information content (AvgIpc) is 3.00. The lowest BCUT2D eigenvalue weighted by atomic mass is 10.1. The van der Waals surface area contributed by atoms with Gasteiger partial charge < -0.3 is 9.42 Å². The van der Waals surface area contributed by atoms with E-state index >= 15 is 0 Å². The van der Waals surface area contributed by atoms with Crippen LogP contribution in [0.4, 0.5) is 0 Å². The summed E-state index contributed by atoms with van der Waals surface area (Å²) < 4.78 is 5.88. The highest BCUT2D eigenvalue weighted by molar-refractivity contribution is 7.16. The molecule has 0 fully saturated rings. The molecule has 114 valence electrons. The number of hydrogen-bond acceptors (Lipinski definition) is 4. The number of halogens is 1. The van der Waals surface area contributed by atoms with Crippen LogP contribution in [0.2, 0.25) is 4.34 Å². The maximum Gasteiger partial charge on any atom is 0.223 e. The summed E-state index contributed by atoms with van der Waals surface area (Å²) in [5.41, 5.74) is 1.91. The number of aryl methyl sites for hydroxylation is 2. The minimum absolute atomic E-state index is 0.141. The topological polar surface area (TPSA) is 46.3 Å². The third kappa shape index (κ3) is 4.08. The van der Waals surface area contributed by atoms with Crippen molar-refractivity contribution < 1.29 is 9.32 Å². The first kappa shape index (κ1) is 16.0. The second-order valence-electron chi connectivity index (χ2n) is 4.92. The Kier molecular flexibility index (Phi) is 5.42. The van der Waals surface area contributed by atoms with E-state index in [0.717, 1.165) is 26.2 Å². The number of rotatable bonds is 6. The van der Waals surface area contributed by atoms with E-state index in [1.165, 1.54) is 11.3 Å². The van der Waals surface area contributed by atoms with Crippen molar-refractivity contribution in [1.82, 2.24) is 10.1 Å². The van der Waals surface area contributed by atoms with Crippen LogP contribution in [-0.2, 0) is 17.8 Å². The first-order chi connectivity index (χ1) is 10.0. The molecule has 0 aliphatic carbocycles. The number of nitrogens with zero attached hydrogens (tertiary/aromatic N) is 2. The molecule has 0 bridgehead atoms. The Morgan fingerprint density at radius 2 is 2.19 bits per heavy atom. The molecule has 1 amide bonds. The summed E-state index contributed by atoms with van der Waals surface area (Å²) in [6.07, 6.45) is 1.14. The molecule has 0 N–H and O–H groups in total. The van der Waals surface area contributed by atoms with E-state index in [2.05, 4.69) is 5.16 Å². The number of carbonyl (C=O) groups is 1. The normalized spacial score (nSPS) is 10.9. The predicted octanol–water partition coefficient (Wildman–Crippen LogP) is 3.99. The molecule has 2 aromatic heterocycles. The van der Waals surface area contributed by atoms with Gasteiger partial charge >= 0.3 is 0 Å². The SMILES string of the molecule is CCN(Cc1ccc(Cl)s1)C(=O)CCc1c(C)noc1C. The Balaban J connectivity index is 1.94. The van der Waals surface area contributed by atoms with Gasteiger partial charge in [-0.2, -0.15) is 0 Å². The second kappa shape index (κ2) is 7.09. The maximum atomic E-state index is 12.3. The van der Waals surface area contributed by atoms with Gasteiger partial charge in [0, 0.05) is 23.4 Å². The van der Waals surface area contributed by atoms with Crippen LogP contribution in [0.1, 0.15) is 35.2 Å². The van der Waals surface area contributed by atoms with E-state index in [0.29, 0.717) is 25.9 Å². The fourth-order valence-electron chi connectivity index (χ4n) is 2.25. The van der Waals surface area contributed by atoms with Gasteiger partial charge in [-0.3, -0.25) is 4.79 Å². The highest BCUT2D eigenvalue weighted by Gasteiger charge is 2.16. The van der Waals surface area contributed by atoms with Gasteiger partial charge in [0.25, 0.3) is 0 Å². The van der Waals surface area contributed by atoms with E-state index in [1.54, 1.807) is 0 Å². The van der Waals surface area contributed by atoms with Crippen molar-refractivity contribution >= 4 is 28.8 Å².